The Kier molecular flexibility index (Phi) is 5.50. The van der Waals surface area contributed by atoms with Gasteiger partial charge in [-0.15, -0.1) is 0 Å². The van der Waals surface area contributed by atoms with Gasteiger partial charge in [0.05, 0.1) is 12.8 Å². The molecule has 0 radical (unpaired) electrons. The number of carbonyl (C=O) groups excluding carboxylic acids is 1. The number of methoxy groups -OCH3 is 1. The first kappa shape index (κ1) is 17.2. The van der Waals surface area contributed by atoms with E-state index in [-0.39, 0.29) is 18.3 Å². The molecule has 1 heterocycles. The topological polar surface area (TPSA) is 56.8 Å². The number of amides is 1. The van der Waals surface area contributed by atoms with E-state index >= 15 is 0 Å². The molecule has 0 aromatic heterocycles. The van der Waals surface area contributed by atoms with Crippen molar-refractivity contribution in [2.24, 2.45) is 0 Å². The van der Waals surface area contributed by atoms with Crippen LogP contribution >= 0.6 is 0 Å². The Bertz CT molecular complexity index is 744. The molecule has 1 saturated heterocycles. The van der Waals surface area contributed by atoms with Crippen LogP contribution in [0.4, 0.5) is 10.1 Å². The van der Waals surface area contributed by atoms with Crippen LogP contribution in [0.2, 0.25) is 0 Å². The normalized spacial score (nSPS) is 16.5. The maximum absolute atomic E-state index is 13.2. The molecule has 1 aliphatic rings. The van der Waals surface area contributed by atoms with E-state index in [4.69, 9.17) is 14.2 Å². The van der Waals surface area contributed by atoms with Crippen LogP contribution in [-0.2, 0) is 16.1 Å². The summed E-state index contributed by atoms with van der Waals surface area (Å²) in [7, 11) is 1.54. The van der Waals surface area contributed by atoms with E-state index in [1.165, 1.54) is 12.1 Å². The molecule has 6 heteroatoms. The van der Waals surface area contributed by atoms with Crippen LogP contribution in [0, 0.1) is 5.82 Å². The van der Waals surface area contributed by atoms with Gasteiger partial charge in [-0.25, -0.2) is 4.39 Å². The molecule has 2 aromatic rings. The Morgan fingerprint density at radius 3 is 2.92 bits per heavy atom. The first-order valence-electron chi connectivity index (χ1n) is 8.13. The zero-order valence-electron chi connectivity index (χ0n) is 14.0. The number of hydrogen-bond acceptors (Lipinski definition) is 4. The van der Waals surface area contributed by atoms with Crippen molar-refractivity contribution in [3.05, 3.63) is 53.8 Å². The molecular weight excluding hydrogens is 325 g/mol. The van der Waals surface area contributed by atoms with E-state index in [0.717, 1.165) is 18.4 Å². The van der Waals surface area contributed by atoms with Gasteiger partial charge >= 0.3 is 0 Å². The Morgan fingerprint density at radius 1 is 1.32 bits per heavy atom. The van der Waals surface area contributed by atoms with Crippen molar-refractivity contribution >= 4 is 11.6 Å². The molecular formula is C19H20FNO4. The molecule has 0 bridgehead atoms. The van der Waals surface area contributed by atoms with Crippen LogP contribution in [0.25, 0.3) is 0 Å². The minimum atomic E-state index is -0.420. The van der Waals surface area contributed by atoms with Gasteiger partial charge in [-0.3, -0.25) is 4.79 Å². The molecule has 0 unspecified atom stereocenters. The molecule has 1 atom stereocenters. The summed E-state index contributed by atoms with van der Waals surface area (Å²) < 4.78 is 29.5. The predicted octanol–water partition coefficient (Wildman–Crippen LogP) is 3.53. The summed E-state index contributed by atoms with van der Waals surface area (Å²) >= 11 is 0. The minimum Gasteiger partial charge on any atom is -0.495 e. The lowest BCUT2D eigenvalue weighted by atomic mass is 10.1. The zero-order chi connectivity index (χ0) is 17.6. The van der Waals surface area contributed by atoms with Gasteiger partial charge in [0, 0.05) is 12.7 Å². The van der Waals surface area contributed by atoms with E-state index in [2.05, 4.69) is 5.32 Å². The quantitative estimate of drug-likeness (QED) is 0.870. The average molecular weight is 345 g/mol. The predicted molar refractivity (Wildman–Crippen MR) is 91.3 cm³/mol. The molecule has 1 fully saturated rings. The summed E-state index contributed by atoms with van der Waals surface area (Å²) in [5, 5.41) is 2.85. The molecule has 1 amide bonds. The lowest BCUT2D eigenvalue weighted by molar-refractivity contribution is -0.124. The van der Waals surface area contributed by atoms with Crippen molar-refractivity contribution in [1.82, 2.24) is 0 Å². The van der Waals surface area contributed by atoms with E-state index in [9.17, 15) is 9.18 Å². The van der Waals surface area contributed by atoms with Gasteiger partial charge in [-0.2, -0.15) is 0 Å². The summed E-state index contributed by atoms with van der Waals surface area (Å²) in [6.07, 6.45) is 1.18. The van der Waals surface area contributed by atoms with E-state index in [0.29, 0.717) is 23.8 Å². The van der Waals surface area contributed by atoms with Gasteiger partial charge in [0.15, 0.2) is 0 Å². The number of carbonyl (C=O) groups is 1. The fraction of sp³-hybridized carbons (Fsp3) is 0.316. The van der Waals surface area contributed by atoms with Crippen LogP contribution in [0.1, 0.15) is 18.4 Å². The van der Waals surface area contributed by atoms with Gasteiger partial charge in [-0.05, 0) is 42.7 Å². The number of ether oxygens (including phenoxy) is 3. The Hall–Kier alpha value is -2.60. The van der Waals surface area contributed by atoms with E-state index in [1.807, 2.05) is 6.07 Å². The highest BCUT2D eigenvalue weighted by atomic mass is 19.1. The summed E-state index contributed by atoms with van der Waals surface area (Å²) in [6.45, 7) is 0.854. The Labute approximate surface area is 145 Å². The maximum atomic E-state index is 13.2. The largest absolute Gasteiger partial charge is 0.495 e. The molecule has 132 valence electrons. The molecule has 0 spiro atoms. The summed E-state index contributed by atoms with van der Waals surface area (Å²) in [5.74, 6) is 0.470. The lowest BCUT2D eigenvalue weighted by Gasteiger charge is -2.15. The summed E-state index contributed by atoms with van der Waals surface area (Å²) in [6, 6.07) is 11.3. The number of rotatable bonds is 6. The second-order valence-corrected chi connectivity index (χ2v) is 5.77. The van der Waals surface area contributed by atoms with Crippen molar-refractivity contribution in [2.75, 3.05) is 19.0 Å². The molecule has 0 aliphatic carbocycles. The van der Waals surface area contributed by atoms with Crippen molar-refractivity contribution in [3.8, 4) is 11.5 Å². The zero-order valence-corrected chi connectivity index (χ0v) is 14.0. The minimum absolute atomic E-state index is 0.181. The maximum Gasteiger partial charge on any atom is 0.253 e. The molecule has 2 aromatic carbocycles. The smallest absolute Gasteiger partial charge is 0.253 e. The second kappa shape index (κ2) is 7.98. The molecule has 1 N–H and O–H groups in total. The SMILES string of the molecule is COc1ccc(COc2cccc(F)c2)cc1NC(=O)[C@@H]1CCCO1. The number of hydrogen-bond donors (Lipinski definition) is 1. The van der Waals surface area contributed by atoms with E-state index in [1.54, 1.807) is 31.4 Å². The van der Waals surface area contributed by atoms with Crippen LogP contribution in [0.5, 0.6) is 11.5 Å². The Balaban J connectivity index is 1.69. The monoisotopic (exact) mass is 345 g/mol. The van der Waals surface area contributed by atoms with Crippen LogP contribution in [0.3, 0.4) is 0 Å². The van der Waals surface area contributed by atoms with Gasteiger partial charge in [0.1, 0.15) is 30.0 Å². The lowest BCUT2D eigenvalue weighted by Crippen LogP contribution is -2.27. The third kappa shape index (κ3) is 4.48. The molecule has 5 nitrogen and oxygen atoms in total. The number of halogens is 1. The van der Waals surface area contributed by atoms with Crippen molar-refractivity contribution in [2.45, 2.75) is 25.6 Å². The van der Waals surface area contributed by atoms with Gasteiger partial charge in [0.2, 0.25) is 0 Å². The van der Waals surface area contributed by atoms with E-state index < -0.39 is 6.10 Å². The standard InChI is InChI=1S/C19H20FNO4/c1-23-17-8-7-13(12-25-15-5-2-4-14(20)11-15)10-16(17)21-19(22)18-6-3-9-24-18/h2,4-5,7-8,10-11,18H,3,6,9,12H2,1H3,(H,21,22)/t18-/m0/s1. The van der Waals surface area contributed by atoms with Crippen molar-refractivity contribution < 1.29 is 23.4 Å². The summed E-state index contributed by atoms with van der Waals surface area (Å²) in [4.78, 5) is 12.2. The van der Waals surface area contributed by atoms with Crippen LogP contribution in [0.15, 0.2) is 42.5 Å². The highest BCUT2D eigenvalue weighted by Gasteiger charge is 2.24. The van der Waals surface area contributed by atoms with Gasteiger partial charge in [0.25, 0.3) is 5.91 Å². The average Bonchev–Trinajstić information content (AvgIpc) is 3.15. The van der Waals surface area contributed by atoms with Crippen LogP contribution in [-0.4, -0.2) is 25.7 Å². The molecule has 25 heavy (non-hydrogen) atoms. The van der Waals surface area contributed by atoms with Gasteiger partial charge < -0.3 is 19.5 Å². The van der Waals surface area contributed by atoms with Crippen molar-refractivity contribution in [1.29, 1.82) is 0 Å². The molecule has 0 saturated carbocycles. The van der Waals surface area contributed by atoms with Crippen LogP contribution < -0.4 is 14.8 Å². The van der Waals surface area contributed by atoms with Crippen molar-refractivity contribution in [3.63, 3.8) is 0 Å². The highest BCUT2D eigenvalue weighted by molar-refractivity contribution is 5.95. The first-order chi connectivity index (χ1) is 12.2. The first-order valence-corrected chi connectivity index (χ1v) is 8.13. The molecule has 3 rings (SSSR count). The second-order valence-electron chi connectivity index (χ2n) is 5.77. The number of anilines is 1. The highest BCUT2D eigenvalue weighted by Crippen LogP contribution is 2.27. The summed E-state index contributed by atoms with van der Waals surface area (Å²) in [5.41, 5.74) is 1.39. The van der Waals surface area contributed by atoms with Gasteiger partial charge in [-0.1, -0.05) is 12.1 Å². The fourth-order valence-corrected chi connectivity index (χ4v) is 2.66. The molecule has 1 aliphatic heterocycles. The third-order valence-corrected chi connectivity index (χ3v) is 3.95. The Morgan fingerprint density at radius 2 is 2.20 bits per heavy atom. The number of benzene rings is 2. The third-order valence-electron chi connectivity index (χ3n) is 3.95. The fourth-order valence-electron chi connectivity index (χ4n) is 2.66. The number of nitrogens with one attached hydrogen (secondary N) is 1.